The maximum Gasteiger partial charge on any atom is 0.417 e. The Balaban J connectivity index is 1.39. The fraction of sp³-hybridized carbons (Fsp3) is 0.346. The van der Waals surface area contributed by atoms with E-state index in [0.29, 0.717) is 17.7 Å². The van der Waals surface area contributed by atoms with Crippen LogP contribution in [0.15, 0.2) is 47.3 Å². The number of carbonyl (C=O) groups excluding carboxylic acids is 1. The minimum absolute atomic E-state index is 0.0135. The molecule has 3 aromatic rings. The molecule has 0 radical (unpaired) electrons. The summed E-state index contributed by atoms with van der Waals surface area (Å²) in [5.41, 5.74) is -5.89. The number of aromatic amines is 1. The summed E-state index contributed by atoms with van der Waals surface area (Å²) in [7, 11) is 0. The van der Waals surface area contributed by atoms with Crippen LogP contribution in [0.1, 0.15) is 47.2 Å². The van der Waals surface area contributed by atoms with Crippen LogP contribution in [-0.4, -0.2) is 22.0 Å². The lowest BCUT2D eigenvalue weighted by Crippen LogP contribution is -2.42. The minimum Gasteiger partial charge on any atom is -0.373 e. The van der Waals surface area contributed by atoms with Crippen LogP contribution in [0.2, 0.25) is 0 Å². The van der Waals surface area contributed by atoms with Gasteiger partial charge in [0.15, 0.2) is 0 Å². The molecule has 0 unspecified atom stereocenters. The van der Waals surface area contributed by atoms with Crippen LogP contribution in [0.3, 0.4) is 0 Å². The summed E-state index contributed by atoms with van der Waals surface area (Å²) in [5, 5.41) is 2.40. The molecule has 1 heterocycles. The number of alkyl halides is 8. The van der Waals surface area contributed by atoms with Gasteiger partial charge in [-0.15, -0.1) is 0 Å². The number of rotatable bonds is 8. The Labute approximate surface area is 225 Å². The molecule has 1 aliphatic rings. The standard InChI is InChI=1S/C26H20F9N3O3/c27-21-13(3-6-17(26(33,34)35)20(21)23-37-18(22(28)29)9-19(39)38-23)10-36-24(40)14-7-16(8-14)41-11-12-1-4-15(5-2-12)25(30,31)32/h1-6,9,14,16,22H,7-8,10-11H2,(H,36,40)(H,37,38,39)/t14-,16-. The molecule has 1 aromatic heterocycles. The number of hydrogen-bond acceptors (Lipinski definition) is 4. The lowest BCUT2D eigenvalue weighted by molar-refractivity contribution is -0.138. The molecule has 4 rings (SSSR count). The highest BCUT2D eigenvalue weighted by atomic mass is 19.4. The molecule has 1 fully saturated rings. The van der Waals surface area contributed by atoms with E-state index >= 15 is 4.39 Å². The predicted molar refractivity (Wildman–Crippen MR) is 125 cm³/mol. The molecule has 1 amide bonds. The Morgan fingerprint density at radius 2 is 1.68 bits per heavy atom. The summed E-state index contributed by atoms with van der Waals surface area (Å²) in [6.07, 6.45) is -12.8. The maximum absolute atomic E-state index is 15.3. The van der Waals surface area contributed by atoms with Crippen molar-refractivity contribution in [1.82, 2.24) is 15.3 Å². The van der Waals surface area contributed by atoms with Crippen LogP contribution in [0.25, 0.3) is 11.4 Å². The lowest BCUT2D eigenvalue weighted by atomic mass is 9.81. The molecule has 0 bridgehead atoms. The van der Waals surface area contributed by atoms with E-state index in [1.54, 1.807) is 0 Å². The highest BCUT2D eigenvalue weighted by Crippen LogP contribution is 2.39. The summed E-state index contributed by atoms with van der Waals surface area (Å²) < 4.78 is 126. The number of ether oxygens (including phenoxy) is 1. The first-order valence-corrected chi connectivity index (χ1v) is 12.0. The molecule has 1 saturated carbocycles. The quantitative estimate of drug-likeness (QED) is 0.307. The molecule has 2 aromatic carbocycles. The normalized spacial score (nSPS) is 17.4. The van der Waals surface area contributed by atoms with Crippen molar-refractivity contribution in [3.63, 3.8) is 0 Å². The molecule has 15 heteroatoms. The zero-order chi connectivity index (χ0) is 30.1. The van der Waals surface area contributed by atoms with Crippen LogP contribution in [0.4, 0.5) is 39.5 Å². The number of benzene rings is 2. The van der Waals surface area contributed by atoms with Crippen molar-refractivity contribution in [2.24, 2.45) is 5.92 Å². The van der Waals surface area contributed by atoms with Crippen molar-refractivity contribution < 1.29 is 49.0 Å². The number of aromatic nitrogens is 2. The third-order valence-electron chi connectivity index (χ3n) is 6.43. The van der Waals surface area contributed by atoms with Crippen molar-refractivity contribution in [1.29, 1.82) is 0 Å². The van der Waals surface area contributed by atoms with Gasteiger partial charge in [0.25, 0.3) is 12.0 Å². The van der Waals surface area contributed by atoms with E-state index in [1.807, 2.05) is 4.98 Å². The van der Waals surface area contributed by atoms with Crippen LogP contribution < -0.4 is 10.9 Å². The number of amides is 1. The Kier molecular flexibility index (Phi) is 8.47. The van der Waals surface area contributed by atoms with Crippen LogP contribution in [-0.2, 0) is 35.0 Å². The van der Waals surface area contributed by atoms with Crippen molar-refractivity contribution in [2.75, 3.05) is 0 Å². The van der Waals surface area contributed by atoms with E-state index in [4.69, 9.17) is 4.74 Å². The summed E-state index contributed by atoms with van der Waals surface area (Å²) in [6, 6.07) is 6.02. The van der Waals surface area contributed by atoms with Gasteiger partial charge in [0.2, 0.25) is 5.91 Å². The lowest BCUT2D eigenvalue weighted by Gasteiger charge is -2.34. The Morgan fingerprint density at radius 1 is 1.02 bits per heavy atom. The van der Waals surface area contributed by atoms with E-state index in [0.717, 1.165) is 18.2 Å². The monoisotopic (exact) mass is 593 g/mol. The molecule has 0 saturated heterocycles. The number of nitrogens with zero attached hydrogens (tertiary/aromatic N) is 1. The molecular weight excluding hydrogens is 573 g/mol. The molecule has 41 heavy (non-hydrogen) atoms. The number of hydrogen-bond donors (Lipinski definition) is 2. The molecule has 0 atom stereocenters. The van der Waals surface area contributed by atoms with Gasteiger partial charge in [0.05, 0.1) is 29.4 Å². The van der Waals surface area contributed by atoms with Crippen molar-refractivity contribution in [3.05, 3.63) is 86.6 Å². The second kappa shape index (κ2) is 11.5. The van der Waals surface area contributed by atoms with Crippen LogP contribution in [0.5, 0.6) is 0 Å². The molecule has 1 aliphatic carbocycles. The topological polar surface area (TPSA) is 84.1 Å². The average Bonchev–Trinajstić information content (AvgIpc) is 2.85. The molecule has 6 nitrogen and oxygen atoms in total. The first-order valence-electron chi connectivity index (χ1n) is 12.0. The van der Waals surface area contributed by atoms with Gasteiger partial charge in [0.1, 0.15) is 17.3 Å². The molecule has 0 aliphatic heterocycles. The van der Waals surface area contributed by atoms with Gasteiger partial charge < -0.3 is 15.0 Å². The number of H-pyrrole nitrogens is 1. The number of halogens is 9. The second-order valence-electron chi connectivity index (χ2n) is 9.29. The van der Waals surface area contributed by atoms with Gasteiger partial charge in [-0.1, -0.05) is 18.2 Å². The van der Waals surface area contributed by atoms with Gasteiger partial charge in [0, 0.05) is 24.1 Å². The van der Waals surface area contributed by atoms with E-state index in [9.17, 15) is 44.7 Å². The van der Waals surface area contributed by atoms with E-state index < -0.39 is 82.3 Å². The van der Waals surface area contributed by atoms with E-state index in [2.05, 4.69) is 10.3 Å². The fourth-order valence-electron chi connectivity index (χ4n) is 4.18. The summed E-state index contributed by atoms with van der Waals surface area (Å²) >= 11 is 0. The average molecular weight is 593 g/mol. The van der Waals surface area contributed by atoms with Gasteiger partial charge in [-0.25, -0.2) is 18.2 Å². The highest BCUT2D eigenvalue weighted by molar-refractivity contribution is 5.79. The Hall–Kier alpha value is -3.88. The Morgan fingerprint density at radius 3 is 2.27 bits per heavy atom. The SMILES string of the molecule is O=c1cc(C(F)F)nc(-c2c(C(F)(F)F)ccc(CNC(=O)[C@H]3C[C@H](OCc4ccc(C(F)(F)F)cc4)C3)c2F)[nH]1. The van der Waals surface area contributed by atoms with Crippen LogP contribution >= 0.6 is 0 Å². The van der Waals surface area contributed by atoms with E-state index in [1.165, 1.54) is 12.1 Å². The first-order chi connectivity index (χ1) is 19.1. The Bertz CT molecular complexity index is 1460. The number of nitrogens with one attached hydrogen (secondary N) is 2. The minimum atomic E-state index is -5.13. The first kappa shape index (κ1) is 30.1. The molecular formula is C26H20F9N3O3. The molecule has 0 spiro atoms. The fourth-order valence-corrected chi connectivity index (χ4v) is 4.18. The third kappa shape index (κ3) is 7.07. The van der Waals surface area contributed by atoms with Crippen molar-refractivity contribution in [2.45, 2.75) is 50.9 Å². The second-order valence-corrected chi connectivity index (χ2v) is 9.29. The summed E-state index contributed by atoms with van der Waals surface area (Å²) in [5.74, 6) is -3.67. The molecule has 220 valence electrons. The van der Waals surface area contributed by atoms with Crippen molar-refractivity contribution >= 4 is 5.91 Å². The zero-order valence-corrected chi connectivity index (χ0v) is 20.7. The maximum atomic E-state index is 15.3. The van der Waals surface area contributed by atoms with Gasteiger partial charge in [-0.2, -0.15) is 26.3 Å². The van der Waals surface area contributed by atoms with Gasteiger partial charge >= 0.3 is 12.4 Å². The smallest absolute Gasteiger partial charge is 0.373 e. The third-order valence-corrected chi connectivity index (χ3v) is 6.43. The zero-order valence-electron chi connectivity index (χ0n) is 20.7. The summed E-state index contributed by atoms with van der Waals surface area (Å²) in [4.78, 5) is 29.4. The summed E-state index contributed by atoms with van der Waals surface area (Å²) in [6.45, 7) is -0.540. The predicted octanol–water partition coefficient (Wildman–Crippen LogP) is 6.16. The van der Waals surface area contributed by atoms with E-state index in [-0.39, 0.29) is 25.6 Å². The van der Waals surface area contributed by atoms with Crippen LogP contribution in [0, 0.1) is 11.7 Å². The number of carbonyl (C=O) groups is 1. The van der Waals surface area contributed by atoms with Gasteiger partial charge in [-0.3, -0.25) is 9.59 Å². The van der Waals surface area contributed by atoms with Gasteiger partial charge in [-0.05, 0) is 36.6 Å². The van der Waals surface area contributed by atoms with Crippen molar-refractivity contribution in [3.8, 4) is 11.4 Å². The molecule has 2 N–H and O–H groups in total. The largest absolute Gasteiger partial charge is 0.417 e. The highest BCUT2D eigenvalue weighted by Gasteiger charge is 2.38.